The van der Waals surface area contributed by atoms with Gasteiger partial charge in [0, 0.05) is 49.5 Å². The minimum atomic E-state index is -4.78. The number of nitrogens with one attached hydrogen (secondary N) is 1. The Labute approximate surface area is 249 Å². The first-order chi connectivity index (χ1) is 19.8. The maximum atomic E-state index is 14.1. The smallest absolute Gasteiger partial charge is 0.391 e. The number of aliphatic imine (C=N–C) groups is 1. The van der Waals surface area contributed by atoms with E-state index in [0.29, 0.717) is 12.0 Å². The van der Waals surface area contributed by atoms with Crippen LogP contribution in [0.5, 0.6) is 0 Å². The molecular weight excluding hydrogens is 539 g/mol. The van der Waals surface area contributed by atoms with E-state index in [9.17, 15) is 18.3 Å². The number of aliphatic hydroxyl groups is 1. The molecule has 42 heavy (non-hydrogen) atoms. The Bertz CT molecular complexity index is 1200. The highest BCUT2D eigenvalue weighted by Gasteiger charge is 2.53. The van der Waals surface area contributed by atoms with Crippen molar-refractivity contribution in [1.82, 2.24) is 20.2 Å². The number of halogens is 3. The fourth-order valence-corrected chi connectivity index (χ4v) is 4.77. The van der Waals surface area contributed by atoms with Crippen molar-refractivity contribution in [2.75, 3.05) is 27.2 Å². The molecule has 9 heteroatoms. The van der Waals surface area contributed by atoms with Crippen molar-refractivity contribution in [3.63, 3.8) is 0 Å². The number of hydrogen-bond acceptors (Lipinski definition) is 6. The van der Waals surface area contributed by atoms with Crippen LogP contribution in [0.2, 0.25) is 0 Å². The summed E-state index contributed by atoms with van der Waals surface area (Å²) in [4.78, 5) is 14.3. The standard InChI is InChI=1S/C28H35F3N4O.C5H11N/c1-6-33-13-10-21(2)14-25(32-5)17-27(36,28(29,30)31)12-11-26(3,4)16-22-8-7-9-23(15-22)24-18-34-20-35-19-24;1-6-4-2-3-5-6/h6-10,13-15,18-20,32,36H,1,11-12,16-17H2,2-5H3;2-5H2,1H3/b21-10+,25-14-,33-13?;. The molecule has 1 unspecified atom stereocenters. The van der Waals surface area contributed by atoms with Gasteiger partial charge in [-0.05, 0) is 93.4 Å². The van der Waals surface area contributed by atoms with Gasteiger partial charge in [0.15, 0.2) is 5.60 Å². The van der Waals surface area contributed by atoms with E-state index >= 15 is 0 Å². The van der Waals surface area contributed by atoms with E-state index in [4.69, 9.17) is 0 Å². The fourth-order valence-electron chi connectivity index (χ4n) is 4.77. The summed E-state index contributed by atoms with van der Waals surface area (Å²) in [6.45, 7) is 11.7. The van der Waals surface area contributed by atoms with Gasteiger partial charge in [-0.15, -0.1) is 0 Å². The second-order valence-corrected chi connectivity index (χ2v) is 11.7. The molecule has 1 aliphatic rings. The second kappa shape index (κ2) is 16.4. The van der Waals surface area contributed by atoms with Crippen LogP contribution in [0.25, 0.3) is 11.1 Å². The lowest BCUT2D eigenvalue weighted by molar-refractivity contribution is -0.264. The van der Waals surface area contributed by atoms with Gasteiger partial charge < -0.3 is 15.3 Å². The van der Waals surface area contributed by atoms with Crippen LogP contribution in [-0.4, -0.2) is 65.2 Å². The normalized spacial score (nSPS) is 16.6. The second-order valence-electron chi connectivity index (χ2n) is 11.7. The molecule has 3 rings (SSSR count). The summed E-state index contributed by atoms with van der Waals surface area (Å²) in [5.41, 5.74) is 0.444. The van der Waals surface area contributed by atoms with Crippen molar-refractivity contribution < 1.29 is 18.3 Å². The third-order valence-electron chi connectivity index (χ3n) is 7.31. The summed E-state index contributed by atoms with van der Waals surface area (Å²) in [6.07, 6.45) is 8.79. The molecule has 0 aliphatic carbocycles. The lowest BCUT2D eigenvalue weighted by Crippen LogP contribution is -2.47. The summed E-state index contributed by atoms with van der Waals surface area (Å²) in [7, 11) is 3.72. The fraction of sp³-hybridized carbons (Fsp3) is 0.485. The Hall–Kier alpha value is -3.30. The maximum Gasteiger partial charge on any atom is 0.417 e. The first kappa shape index (κ1) is 34.9. The molecule has 6 nitrogen and oxygen atoms in total. The van der Waals surface area contributed by atoms with E-state index in [1.54, 1.807) is 38.5 Å². The van der Waals surface area contributed by atoms with Gasteiger partial charge in [0.25, 0.3) is 0 Å². The van der Waals surface area contributed by atoms with E-state index in [1.165, 1.54) is 44.7 Å². The molecule has 1 saturated heterocycles. The maximum absolute atomic E-state index is 14.1. The molecule has 1 aromatic carbocycles. The molecule has 2 heterocycles. The van der Waals surface area contributed by atoms with E-state index < -0.39 is 30.0 Å². The van der Waals surface area contributed by atoms with Gasteiger partial charge in [-0.1, -0.05) is 44.7 Å². The monoisotopic (exact) mass is 585 g/mol. The van der Waals surface area contributed by atoms with E-state index in [0.717, 1.165) is 16.7 Å². The van der Waals surface area contributed by atoms with Crippen molar-refractivity contribution in [3.8, 4) is 11.1 Å². The number of aromatic nitrogens is 2. The summed E-state index contributed by atoms with van der Waals surface area (Å²) in [6, 6.07) is 7.82. The van der Waals surface area contributed by atoms with Crippen LogP contribution in [0.4, 0.5) is 13.2 Å². The highest BCUT2D eigenvalue weighted by atomic mass is 19.4. The van der Waals surface area contributed by atoms with Crippen LogP contribution in [-0.2, 0) is 6.42 Å². The summed E-state index contributed by atoms with van der Waals surface area (Å²) in [5.74, 6) is 0. The average molecular weight is 586 g/mol. The Kier molecular flexibility index (Phi) is 13.6. The highest BCUT2D eigenvalue weighted by molar-refractivity contribution is 5.73. The zero-order valence-corrected chi connectivity index (χ0v) is 25.6. The Morgan fingerprint density at radius 2 is 1.79 bits per heavy atom. The van der Waals surface area contributed by atoms with Gasteiger partial charge in [0.2, 0.25) is 0 Å². The van der Waals surface area contributed by atoms with Gasteiger partial charge in [-0.3, -0.25) is 4.99 Å². The minimum Gasteiger partial charge on any atom is -0.391 e. The van der Waals surface area contributed by atoms with Crippen molar-refractivity contribution >= 4 is 6.21 Å². The molecule has 1 atom stereocenters. The van der Waals surface area contributed by atoms with Crippen LogP contribution in [0.15, 0.2) is 84.2 Å². The summed E-state index contributed by atoms with van der Waals surface area (Å²) in [5, 5.41) is 13.6. The van der Waals surface area contributed by atoms with Crippen molar-refractivity contribution in [1.29, 1.82) is 0 Å². The van der Waals surface area contributed by atoms with Gasteiger partial charge >= 0.3 is 6.18 Å². The van der Waals surface area contributed by atoms with Crippen LogP contribution in [0, 0.1) is 5.41 Å². The van der Waals surface area contributed by atoms with Gasteiger partial charge in [0.05, 0.1) is 0 Å². The number of alkyl halides is 3. The Morgan fingerprint density at radius 3 is 2.33 bits per heavy atom. The molecule has 0 spiro atoms. The summed E-state index contributed by atoms with van der Waals surface area (Å²) >= 11 is 0. The molecule has 2 N–H and O–H groups in total. The van der Waals surface area contributed by atoms with E-state index in [-0.39, 0.29) is 12.1 Å². The molecule has 1 aromatic heterocycles. The lowest BCUT2D eigenvalue weighted by Gasteiger charge is -2.35. The molecule has 0 radical (unpaired) electrons. The zero-order chi connectivity index (χ0) is 31.2. The molecule has 0 bridgehead atoms. The zero-order valence-electron chi connectivity index (χ0n) is 25.6. The number of benzene rings is 1. The number of hydrogen-bond donors (Lipinski definition) is 2. The third-order valence-corrected chi connectivity index (χ3v) is 7.31. The number of rotatable bonds is 12. The lowest BCUT2D eigenvalue weighted by atomic mass is 9.77. The molecule has 1 aliphatic heterocycles. The number of nitrogens with zero attached hydrogens (tertiary/aromatic N) is 4. The molecular formula is C33H46F3N5O. The third kappa shape index (κ3) is 11.9. The number of allylic oxidation sites excluding steroid dienone is 3. The first-order valence-corrected chi connectivity index (χ1v) is 14.3. The van der Waals surface area contributed by atoms with Crippen LogP contribution < -0.4 is 5.32 Å². The topological polar surface area (TPSA) is 73.6 Å². The Morgan fingerprint density at radius 1 is 1.12 bits per heavy atom. The van der Waals surface area contributed by atoms with Crippen molar-refractivity contribution in [2.24, 2.45) is 10.4 Å². The van der Waals surface area contributed by atoms with Crippen LogP contribution in [0.3, 0.4) is 0 Å². The quantitative estimate of drug-likeness (QED) is 0.204. The predicted octanol–water partition coefficient (Wildman–Crippen LogP) is 7.15. The van der Waals surface area contributed by atoms with Crippen LogP contribution in [0.1, 0.15) is 58.4 Å². The average Bonchev–Trinajstić information content (AvgIpc) is 3.43. The van der Waals surface area contributed by atoms with Gasteiger partial charge in [-0.25, -0.2) is 9.97 Å². The molecule has 2 aromatic rings. The summed E-state index contributed by atoms with van der Waals surface area (Å²) < 4.78 is 42.2. The molecule has 0 amide bonds. The predicted molar refractivity (Wildman–Crippen MR) is 166 cm³/mol. The van der Waals surface area contributed by atoms with Gasteiger partial charge in [-0.2, -0.15) is 13.2 Å². The first-order valence-electron chi connectivity index (χ1n) is 14.3. The van der Waals surface area contributed by atoms with E-state index in [1.807, 2.05) is 38.1 Å². The molecule has 230 valence electrons. The Balaban J connectivity index is 0.000000908. The minimum absolute atomic E-state index is 0.180. The van der Waals surface area contributed by atoms with Gasteiger partial charge in [0.1, 0.15) is 6.33 Å². The van der Waals surface area contributed by atoms with E-state index in [2.05, 4.69) is 38.8 Å². The highest BCUT2D eigenvalue weighted by Crippen LogP contribution is 2.42. The van der Waals surface area contributed by atoms with Crippen molar-refractivity contribution in [3.05, 3.63) is 84.8 Å². The molecule has 0 saturated carbocycles. The largest absolute Gasteiger partial charge is 0.417 e. The van der Waals surface area contributed by atoms with Crippen molar-refractivity contribution in [2.45, 2.75) is 71.1 Å². The van der Waals surface area contributed by atoms with Crippen LogP contribution >= 0.6 is 0 Å². The molecule has 1 fully saturated rings. The SMILES string of the molecule is C=CN=C/C=C(C)/C=C(/CC(O)(CCC(C)(C)Cc1cccc(-c2cncnc2)c1)C(F)(F)F)NC.CN1CCCC1. The number of likely N-dealkylation sites (tertiary alicyclic amines) is 1.